The molecular formula is C37H25BN2S2. The Morgan fingerprint density at radius 3 is 1.86 bits per heavy atom. The molecule has 6 aromatic rings. The summed E-state index contributed by atoms with van der Waals surface area (Å²) in [4.78, 5) is 10.4. The molecule has 0 radical (unpaired) electrons. The van der Waals surface area contributed by atoms with Crippen molar-refractivity contribution in [2.45, 2.75) is 26.5 Å². The Balaban J connectivity index is 1.37. The summed E-state index contributed by atoms with van der Waals surface area (Å²) in [6.07, 6.45) is 0. The van der Waals surface area contributed by atoms with Gasteiger partial charge in [-0.2, -0.15) is 0 Å². The molecule has 0 unspecified atom stereocenters. The summed E-state index contributed by atoms with van der Waals surface area (Å²) in [5, 5.41) is 0. The van der Waals surface area contributed by atoms with Gasteiger partial charge in [-0.3, -0.25) is 0 Å². The van der Waals surface area contributed by atoms with Crippen molar-refractivity contribution in [2.24, 2.45) is 0 Å². The summed E-state index contributed by atoms with van der Waals surface area (Å²) in [6, 6.07) is 49.2. The molecule has 0 aromatic heterocycles. The van der Waals surface area contributed by atoms with Crippen LogP contribution in [0.5, 0.6) is 0 Å². The maximum Gasteiger partial charge on any atom is 0.333 e. The summed E-state index contributed by atoms with van der Waals surface area (Å²) in [7, 11) is 0. The van der Waals surface area contributed by atoms with Gasteiger partial charge in [0.2, 0.25) is 0 Å². The summed E-state index contributed by atoms with van der Waals surface area (Å²) >= 11 is 3.78. The van der Waals surface area contributed by atoms with E-state index in [4.69, 9.17) is 0 Å². The molecule has 0 spiro atoms. The molecule has 198 valence electrons. The monoisotopic (exact) mass is 572 g/mol. The summed E-state index contributed by atoms with van der Waals surface area (Å²) in [5.41, 5.74) is 12.7. The van der Waals surface area contributed by atoms with Crippen LogP contribution in [0.25, 0.3) is 11.1 Å². The first-order valence-electron chi connectivity index (χ1n) is 14.3. The fraction of sp³-hybridized carbons (Fsp3) is 0.0270. The van der Waals surface area contributed by atoms with Crippen LogP contribution in [-0.2, 0) is 0 Å². The van der Waals surface area contributed by atoms with E-state index in [0.717, 1.165) is 0 Å². The lowest BCUT2D eigenvalue weighted by molar-refractivity contribution is 1.15. The molecule has 0 bridgehead atoms. The fourth-order valence-corrected chi connectivity index (χ4v) is 9.07. The second-order valence-electron chi connectivity index (χ2n) is 11.1. The zero-order chi connectivity index (χ0) is 27.8. The predicted molar refractivity (Wildman–Crippen MR) is 180 cm³/mol. The summed E-state index contributed by atoms with van der Waals surface area (Å²) < 4.78 is 0. The SMILES string of the molecule is Cc1cc2c3c(c1)N(c1ccccc1)c1ccccc1B3N(c1ccccc1)c1cc3c(cc1-2)Sc1ccccc1S3. The number of aryl methyl sites for hydroxylation is 1. The van der Waals surface area contributed by atoms with Crippen molar-refractivity contribution in [1.82, 2.24) is 0 Å². The van der Waals surface area contributed by atoms with Crippen LogP contribution < -0.4 is 20.6 Å². The van der Waals surface area contributed by atoms with Crippen molar-refractivity contribution in [2.75, 3.05) is 9.71 Å². The van der Waals surface area contributed by atoms with E-state index in [2.05, 4.69) is 150 Å². The Labute approximate surface area is 255 Å². The van der Waals surface area contributed by atoms with Crippen LogP contribution in [0.4, 0.5) is 28.4 Å². The minimum absolute atomic E-state index is 0.0493. The first kappa shape index (κ1) is 24.3. The van der Waals surface area contributed by atoms with Crippen LogP contribution in [0.2, 0.25) is 0 Å². The molecule has 3 aliphatic rings. The van der Waals surface area contributed by atoms with E-state index in [1.54, 1.807) is 0 Å². The van der Waals surface area contributed by atoms with Gasteiger partial charge in [0.15, 0.2) is 0 Å². The third-order valence-electron chi connectivity index (χ3n) is 8.50. The molecule has 0 atom stereocenters. The van der Waals surface area contributed by atoms with Gasteiger partial charge < -0.3 is 9.71 Å². The molecule has 9 rings (SSSR count). The largest absolute Gasteiger partial charge is 0.376 e. The number of fused-ring (bicyclic) bond motifs is 6. The van der Waals surface area contributed by atoms with Gasteiger partial charge in [0, 0.05) is 53.6 Å². The highest BCUT2D eigenvalue weighted by molar-refractivity contribution is 8.05. The standard InChI is InChI=1S/C37H25BN2S2/c1-24-20-28-27-22-35-36(42-34-19-11-10-18-33(34)41-35)23-31(27)40(26-14-6-3-7-15-26)38-29-16-8-9-17-30(29)39(32(21-24)37(28)38)25-12-4-2-5-13-25/h2-23H,1H3. The molecule has 0 N–H and O–H groups in total. The summed E-state index contributed by atoms with van der Waals surface area (Å²) in [6.45, 7) is 2.28. The lowest BCUT2D eigenvalue weighted by atomic mass is 9.43. The Hall–Kier alpha value is -4.32. The van der Waals surface area contributed by atoms with Crippen LogP contribution in [0, 0.1) is 6.92 Å². The molecule has 3 heterocycles. The molecule has 6 aromatic carbocycles. The zero-order valence-electron chi connectivity index (χ0n) is 23.0. The second kappa shape index (κ2) is 9.35. The van der Waals surface area contributed by atoms with E-state index in [9.17, 15) is 0 Å². The maximum atomic E-state index is 2.59. The number of hydrogen-bond acceptors (Lipinski definition) is 4. The number of para-hydroxylation sites is 3. The molecule has 42 heavy (non-hydrogen) atoms. The minimum Gasteiger partial charge on any atom is -0.376 e. The minimum atomic E-state index is 0.0493. The Morgan fingerprint density at radius 2 is 1.12 bits per heavy atom. The molecule has 0 aliphatic carbocycles. The molecular weight excluding hydrogens is 547 g/mol. The first-order chi connectivity index (χ1) is 20.7. The average molecular weight is 573 g/mol. The van der Waals surface area contributed by atoms with Crippen molar-refractivity contribution in [3.05, 3.63) is 139 Å². The van der Waals surface area contributed by atoms with Gasteiger partial charge in [-0.15, -0.1) is 0 Å². The Bertz CT molecular complexity index is 2030. The third kappa shape index (κ3) is 3.57. The Morgan fingerprint density at radius 1 is 0.500 bits per heavy atom. The van der Waals surface area contributed by atoms with Gasteiger partial charge in [-0.25, -0.2) is 0 Å². The van der Waals surface area contributed by atoms with Crippen molar-refractivity contribution in [3.63, 3.8) is 0 Å². The number of benzene rings is 6. The van der Waals surface area contributed by atoms with Crippen LogP contribution in [0.1, 0.15) is 5.56 Å². The Kier molecular flexibility index (Phi) is 5.41. The van der Waals surface area contributed by atoms with Gasteiger partial charge in [0.05, 0.1) is 0 Å². The van der Waals surface area contributed by atoms with E-state index in [-0.39, 0.29) is 6.85 Å². The topological polar surface area (TPSA) is 6.48 Å². The van der Waals surface area contributed by atoms with E-state index in [1.807, 2.05) is 23.5 Å². The maximum absolute atomic E-state index is 2.59. The zero-order valence-corrected chi connectivity index (χ0v) is 24.6. The predicted octanol–water partition coefficient (Wildman–Crippen LogP) is 9.32. The number of nitrogens with zero attached hydrogens (tertiary/aromatic N) is 2. The number of anilines is 5. The quantitative estimate of drug-likeness (QED) is 0.190. The second-order valence-corrected chi connectivity index (χ2v) is 13.2. The van der Waals surface area contributed by atoms with E-state index in [0.29, 0.717) is 0 Å². The van der Waals surface area contributed by atoms with Crippen LogP contribution in [-0.4, -0.2) is 6.85 Å². The van der Waals surface area contributed by atoms with Crippen LogP contribution in [0.15, 0.2) is 153 Å². The van der Waals surface area contributed by atoms with Crippen molar-refractivity contribution in [1.29, 1.82) is 0 Å². The molecule has 2 nitrogen and oxygen atoms in total. The molecule has 0 fully saturated rings. The fourth-order valence-electron chi connectivity index (χ4n) is 6.80. The first-order valence-corrected chi connectivity index (χ1v) is 15.9. The van der Waals surface area contributed by atoms with Crippen LogP contribution >= 0.6 is 23.5 Å². The normalized spacial score (nSPS) is 14.0. The molecule has 0 amide bonds. The molecule has 0 saturated heterocycles. The van der Waals surface area contributed by atoms with E-state index in [1.165, 1.54) is 75.6 Å². The van der Waals surface area contributed by atoms with Crippen LogP contribution in [0.3, 0.4) is 0 Å². The molecule has 3 aliphatic heterocycles. The van der Waals surface area contributed by atoms with Gasteiger partial charge in [-0.05, 0) is 89.6 Å². The number of hydrogen-bond donors (Lipinski definition) is 0. The van der Waals surface area contributed by atoms with E-state index >= 15 is 0 Å². The highest BCUT2D eigenvalue weighted by Gasteiger charge is 2.45. The van der Waals surface area contributed by atoms with Gasteiger partial charge in [-0.1, -0.05) is 96.3 Å². The summed E-state index contributed by atoms with van der Waals surface area (Å²) in [5.74, 6) is 0. The smallest absolute Gasteiger partial charge is 0.333 e. The van der Waals surface area contributed by atoms with Gasteiger partial charge >= 0.3 is 6.85 Å². The highest BCUT2D eigenvalue weighted by atomic mass is 32.2. The molecule has 0 saturated carbocycles. The average Bonchev–Trinajstić information content (AvgIpc) is 3.04. The third-order valence-corrected chi connectivity index (χ3v) is 11.0. The lowest BCUT2D eigenvalue weighted by Gasteiger charge is -2.46. The van der Waals surface area contributed by atoms with Crippen molar-refractivity contribution in [3.8, 4) is 11.1 Å². The van der Waals surface area contributed by atoms with Crippen molar-refractivity contribution < 1.29 is 0 Å². The van der Waals surface area contributed by atoms with E-state index < -0.39 is 0 Å². The highest BCUT2D eigenvalue weighted by Crippen LogP contribution is 2.54. The van der Waals surface area contributed by atoms with Crippen molar-refractivity contribution >= 4 is 69.7 Å². The van der Waals surface area contributed by atoms with Gasteiger partial charge in [0.1, 0.15) is 0 Å². The molecule has 5 heteroatoms. The lowest BCUT2D eigenvalue weighted by Crippen LogP contribution is -2.61. The number of rotatable bonds is 2. The van der Waals surface area contributed by atoms with Gasteiger partial charge in [0.25, 0.3) is 0 Å².